The van der Waals surface area contributed by atoms with Crippen molar-refractivity contribution in [1.82, 2.24) is 5.32 Å². The molecule has 19 heavy (non-hydrogen) atoms. The molecule has 0 spiro atoms. The number of amides is 2. The number of carbonyl (C=O) groups is 3. The first-order valence-electron chi connectivity index (χ1n) is 5.89. The highest BCUT2D eigenvalue weighted by atomic mass is 16.5. The molecule has 1 fully saturated rings. The lowest BCUT2D eigenvalue weighted by atomic mass is 10.1. The normalized spacial score (nSPS) is 17.7. The number of ether oxygens (including phenoxy) is 1. The van der Waals surface area contributed by atoms with E-state index < -0.39 is 12.0 Å². The fraction of sp³-hybridized carbons (Fsp3) is 0.308. The molecule has 100 valence electrons. The molecule has 1 saturated heterocycles. The van der Waals surface area contributed by atoms with Gasteiger partial charge in [-0.25, -0.2) is 4.79 Å². The van der Waals surface area contributed by atoms with E-state index in [2.05, 4.69) is 15.4 Å². The van der Waals surface area contributed by atoms with E-state index in [4.69, 9.17) is 0 Å². The van der Waals surface area contributed by atoms with Crippen molar-refractivity contribution >= 4 is 23.5 Å². The quantitative estimate of drug-likeness (QED) is 0.785. The highest BCUT2D eigenvalue weighted by Crippen LogP contribution is 2.17. The van der Waals surface area contributed by atoms with Gasteiger partial charge in [0.1, 0.15) is 6.04 Å². The van der Waals surface area contributed by atoms with E-state index in [1.54, 1.807) is 24.3 Å². The molecule has 6 heteroatoms. The van der Waals surface area contributed by atoms with Crippen LogP contribution in [0.5, 0.6) is 0 Å². The van der Waals surface area contributed by atoms with Crippen molar-refractivity contribution in [2.75, 3.05) is 12.4 Å². The number of benzene rings is 1. The van der Waals surface area contributed by atoms with Gasteiger partial charge >= 0.3 is 5.97 Å². The average molecular weight is 262 g/mol. The van der Waals surface area contributed by atoms with Gasteiger partial charge in [-0.05, 0) is 18.6 Å². The monoisotopic (exact) mass is 262 g/mol. The molecule has 0 aromatic heterocycles. The fourth-order valence-corrected chi connectivity index (χ4v) is 1.91. The molecule has 0 saturated carbocycles. The van der Waals surface area contributed by atoms with Crippen molar-refractivity contribution in [2.24, 2.45) is 0 Å². The molecule has 1 aromatic rings. The molecule has 6 nitrogen and oxygen atoms in total. The molecule has 1 atom stereocenters. The summed E-state index contributed by atoms with van der Waals surface area (Å²) in [4.78, 5) is 34.6. The van der Waals surface area contributed by atoms with Crippen LogP contribution in [0.3, 0.4) is 0 Å². The molecule has 1 aliphatic rings. The number of esters is 1. The highest BCUT2D eigenvalue weighted by Gasteiger charge is 2.27. The zero-order valence-electron chi connectivity index (χ0n) is 10.4. The number of hydrogen-bond donors (Lipinski definition) is 2. The molecule has 0 unspecified atom stereocenters. The Kier molecular flexibility index (Phi) is 3.79. The zero-order valence-corrected chi connectivity index (χ0v) is 10.4. The van der Waals surface area contributed by atoms with Crippen LogP contribution in [0.1, 0.15) is 23.2 Å². The number of para-hydroxylation sites is 1. The SMILES string of the molecule is COC(=O)c1ccccc1NC(=O)[C@@H]1CCC(=O)N1. The number of hydrogen-bond acceptors (Lipinski definition) is 4. The van der Waals surface area contributed by atoms with Crippen molar-refractivity contribution in [3.8, 4) is 0 Å². The third kappa shape index (κ3) is 2.90. The van der Waals surface area contributed by atoms with Crippen LogP contribution >= 0.6 is 0 Å². The van der Waals surface area contributed by atoms with E-state index in [9.17, 15) is 14.4 Å². The van der Waals surface area contributed by atoms with Gasteiger partial charge < -0.3 is 15.4 Å². The van der Waals surface area contributed by atoms with Crippen LogP contribution in [-0.4, -0.2) is 30.9 Å². The summed E-state index contributed by atoms with van der Waals surface area (Å²) in [5, 5.41) is 5.20. The predicted octanol–water partition coefficient (Wildman–Crippen LogP) is 0.690. The van der Waals surface area contributed by atoms with Gasteiger partial charge in [-0.15, -0.1) is 0 Å². The standard InChI is InChI=1S/C13H14N2O4/c1-19-13(18)8-4-2-3-5-9(8)15-12(17)10-6-7-11(16)14-10/h2-5,10H,6-7H2,1H3,(H,14,16)(H,15,17)/t10-/m0/s1. The summed E-state index contributed by atoms with van der Waals surface area (Å²) < 4.78 is 4.64. The Bertz CT molecular complexity index is 527. The topological polar surface area (TPSA) is 84.5 Å². The van der Waals surface area contributed by atoms with Crippen LogP contribution in [0.25, 0.3) is 0 Å². The summed E-state index contributed by atoms with van der Waals surface area (Å²) in [6, 6.07) is 6.02. The van der Waals surface area contributed by atoms with Crippen LogP contribution in [0.2, 0.25) is 0 Å². The minimum Gasteiger partial charge on any atom is -0.465 e. The van der Waals surface area contributed by atoms with Crippen LogP contribution in [0.4, 0.5) is 5.69 Å². The summed E-state index contributed by atoms with van der Waals surface area (Å²) in [5.74, 6) is -0.991. The Balaban J connectivity index is 2.12. The molecule has 0 aliphatic carbocycles. The Labute approximate surface area is 110 Å². The second-order valence-corrected chi connectivity index (χ2v) is 4.19. The van der Waals surface area contributed by atoms with E-state index in [1.807, 2.05) is 0 Å². The summed E-state index contributed by atoms with van der Waals surface area (Å²) in [6.07, 6.45) is 0.807. The minimum absolute atomic E-state index is 0.138. The first-order chi connectivity index (χ1) is 9.11. The second-order valence-electron chi connectivity index (χ2n) is 4.19. The van der Waals surface area contributed by atoms with Gasteiger partial charge in [0.05, 0.1) is 18.4 Å². The Morgan fingerprint density at radius 1 is 1.37 bits per heavy atom. The van der Waals surface area contributed by atoms with Gasteiger partial charge in [0.25, 0.3) is 0 Å². The van der Waals surface area contributed by atoms with E-state index in [-0.39, 0.29) is 17.4 Å². The van der Waals surface area contributed by atoms with Crippen molar-refractivity contribution in [1.29, 1.82) is 0 Å². The minimum atomic E-state index is -0.543. The summed E-state index contributed by atoms with van der Waals surface area (Å²) in [6.45, 7) is 0. The maximum atomic E-state index is 11.9. The Hall–Kier alpha value is -2.37. The first-order valence-corrected chi connectivity index (χ1v) is 5.89. The van der Waals surface area contributed by atoms with Gasteiger partial charge in [-0.2, -0.15) is 0 Å². The molecule has 1 aromatic carbocycles. The Morgan fingerprint density at radius 2 is 2.11 bits per heavy atom. The molecule has 1 heterocycles. The number of anilines is 1. The number of nitrogens with one attached hydrogen (secondary N) is 2. The third-order valence-corrected chi connectivity index (χ3v) is 2.90. The molecule has 2 rings (SSSR count). The smallest absolute Gasteiger partial charge is 0.339 e. The maximum Gasteiger partial charge on any atom is 0.339 e. The number of carbonyl (C=O) groups excluding carboxylic acids is 3. The average Bonchev–Trinajstić information content (AvgIpc) is 2.85. The highest BCUT2D eigenvalue weighted by molar-refractivity contribution is 6.04. The summed E-state index contributed by atoms with van der Waals surface area (Å²) in [7, 11) is 1.28. The largest absolute Gasteiger partial charge is 0.465 e. The van der Waals surface area contributed by atoms with Crippen molar-refractivity contribution in [2.45, 2.75) is 18.9 Å². The molecule has 1 aliphatic heterocycles. The lowest BCUT2D eigenvalue weighted by molar-refractivity contribution is -0.122. The van der Waals surface area contributed by atoms with Gasteiger partial charge in [0.15, 0.2) is 0 Å². The fourth-order valence-electron chi connectivity index (χ4n) is 1.91. The van der Waals surface area contributed by atoms with Crippen LogP contribution in [0.15, 0.2) is 24.3 Å². The molecule has 0 bridgehead atoms. The Morgan fingerprint density at radius 3 is 2.74 bits per heavy atom. The third-order valence-electron chi connectivity index (χ3n) is 2.90. The van der Waals surface area contributed by atoms with Gasteiger partial charge in [-0.3, -0.25) is 9.59 Å². The van der Waals surface area contributed by atoms with E-state index in [0.29, 0.717) is 18.5 Å². The molecular formula is C13H14N2O4. The predicted molar refractivity (Wildman–Crippen MR) is 67.6 cm³/mol. The summed E-state index contributed by atoms with van der Waals surface area (Å²) >= 11 is 0. The van der Waals surface area contributed by atoms with Crippen LogP contribution < -0.4 is 10.6 Å². The van der Waals surface area contributed by atoms with Crippen molar-refractivity contribution < 1.29 is 19.1 Å². The maximum absolute atomic E-state index is 11.9. The number of methoxy groups -OCH3 is 1. The van der Waals surface area contributed by atoms with Gasteiger partial charge in [-0.1, -0.05) is 12.1 Å². The molecule has 2 N–H and O–H groups in total. The molecule has 0 radical (unpaired) electrons. The van der Waals surface area contributed by atoms with Gasteiger partial charge in [0.2, 0.25) is 11.8 Å². The lowest BCUT2D eigenvalue weighted by Crippen LogP contribution is -2.37. The number of rotatable bonds is 3. The van der Waals surface area contributed by atoms with E-state index >= 15 is 0 Å². The lowest BCUT2D eigenvalue weighted by Gasteiger charge is -2.13. The van der Waals surface area contributed by atoms with E-state index in [0.717, 1.165) is 0 Å². The van der Waals surface area contributed by atoms with Crippen molar-refractivity contribution in [3.05, 3.63) is 29.8 Å². The zero-order chi connectivity index (χ0) is 13.8. The summed E-state index contributed by atoms with van der Waals surface area (Å²) in [5.41, 5.74) is 0.656. The van der Waals surface area contributed by atoms with Crippen LogP contribution in [-0.2, 0) is 14.3 Å². The van der Waals surface area contributed by atoms with Crippen LogP contribution in [0, 0.1) is 0 Å². The molecule has 2 amide bonds. The second kappa shape index (κ2) is 5.51. The first kappa shape index (κ1) is 13.1. The van der Waals surface area contributed by atoms with Gasteiger partial charge in [0, 0.05) is 6.42 Å². The molecular weight excluding hydrogens is 248 g/mol. The van der Waals surface area contributed by atoms with E-state index in [1.165, 1.54) is 7.11 Å². The van der Waals surface area contributed by atoms with Crippen molar-refractivity contribution in [3.63, 3.8) is 0 Å².